The summed E-state index contributed by atoms with van der Waals surface area (Å²) in [6, 6.07) is 5.72. The third kappa shape index (κ3) is 5.55. The first-order valence-corrected chi connectivity index (χ1v) is 9.70. The summed E-state index contributed by atoms with van der Waals surface area (Å²) in [4.78, 5) is 25.1. The molecule has 25 heavy (non-hydrogen) atoms. The third-order valence-corrected chi connectivity index (χ3v) is 4.71. The van der Waals surface area contributed by atoms with Crippen LogP contribution in [0.15, 0.2) is 30.0 Å². The zero-order valence-corrected chi connectivity index (χ0v) is 15.9. The lowest BCUT2D eigenvalue weighted by atomic mass is 9.89. The topological polar surface area (TPSA) is 46.2 Å². The molecule has 0 unspecified atom stereocenters. The number of hydrogen-bond donors (Lipinski definition) is 1. The number of benzene rings is 1. The van der Waals surface area contributed by atoms with Gasteiger partial charge in [-0.25, -0.2) is 0 Å². The number of fused-ring (bicyclic) bond motifs is 1. The largest absolute Gasteiger partial charge is 0.382 e. The van der Waals surface area contributed by atoms with Gasteiger partial charge in [0.25, 0.3) is 0 Å². The molecule has 0 heterocycles. The minimum absolute atomic E-state index is 0.0456. The molecule has 1 aromatic rings. The molecule has 0 aromatic heterocycles. The van der Waals surface area contributed by atoms with Gasteiger partial charge < -0.3 is 5.32 Å². The van der Waals surface area contributed by atoms with Crippen molar-refractivity contribution in [1.29, 1.82) is 0 Å². The van der Waals surface area contributed by atoms with E-state index >= 15 is 0 Å². The highest BCUT2D eigenvalue weighted by Crippen LogP contribution is 2.23. The summed E-state index contributed by atoms with van der Waals surface area (Å²) < 4.78 is 0. The minimum atomic E-state index is -0.0700. The molecule has 136 valence electrons. The maximum atomic E-state index is 12.7. The number of nitrogens with one attached hydrogen (secondary N) is 1. The smallest absolute Gasteiger partial charge is 0.209 e. The molecule has 1 N–H and O–H groups in total. The molecule has 0 atom stereocenters. The van der Waals surface area contributed by atoms with Crippen LogP contribution in [0.3, 0.4) is 0 Å². The molecule has 0 fully saturated rings. The van der Waals surface area contributed by atoms with Crippen LogP contribution in [0.1, 0.15) is 85.6 Å². The molecule has 0 spiro atoms. The van der Waals surface area contributed by atoms with Crippen molar-refractivity contribution >= 4 is 11.6 Å². The fraction of sp³-hybridized carbons (Fsp3) is 0.545. The first-order chi connectivity index (χ1) is 12.0. The Morgan fingerprint density at radius 3 is 2.52 bits per heavy atom. The molecule has 1 aliphatic rings. The molecule has 0 radical (unpaired) electrons. The number of rotatable bonds is 10. The van der Waals surface area contributed by atoms with Gasteiger partial charge >= 0.3 is 0 Å². The molecule has 2 rings (SSSR count). The predicted octanol–water partition coefficient (Wildman–Crippen LogP) is 5.10. The standard InChI is InChI=1S/C22H31NO2/c1-4-5-6-7-13-23-20-15-21(24)18-12-11-17(10-8-9-16(2)3)14-19(18)22(20)25/h11-12,14-16,23H,4-10,13H2,1-3H3. The van der Waals surface area contributed by atoms with Crippen molar-refractivity contribution in [3.8, 4) is 0 Å². The number of hydrogen-bond acceptors (Lipinski definition) is 3. The van der Waals surface area contributed by atoms with Gasteiger partial charge in [0.05, 0.1) is 5.70 Å². The second-order valence-electron chi connectivity index (χ2n) is 7.40. The Balaban J connectivity index is 2.02. The van der Waals surface area contributed by atoms with Crippen molar-refractivity contribution < 1.29 is 9.59 Å². The maximum absolute atomic E-state index is 12.7. The number of unbranched alkanes of at least 4 members (excludes halogenated alkanes) is 3. The molecule has 1 aliphatic carbocycles. The van der Waals surface area contributed by atoms with Crippen molar-refractivity contribution in [3.63, 3.8) is 0 Å². The van der Waals surface area contributed by atoms with E-state index < -0.39 is 0 Å². The van der Waals surface area contributed by atoms with E-state index in [0.29, 0.717) is 22.7 Å². The molecule has 0 bridgehead atoms. The quantitative estimate of drug-likeness (QED) is 0.602. The highest BCUT2D eigenvalue weighted by atomic mass is 16.1. The van der Waals surface area contributed by atoms with Gasteiger partial charge in [-0.1, -0.05) is 58.6 Å². The Hall–Kier alpha value is -1.90. The summed E-state index contributed by atoms with van der Waals surface area (Å²) in [5.74, 6) is 0.572. The van der Waals surface area contributed by atoms with E-state index in [4.69, 9.17) is 0 Å². The normalized spacial score (nSPS) is 13.8. The zero-order valence-electron chi connectivity index (χ0n) is 15.9. The van der Waals surface area contributed by atoms with E-state index in [1.165, 1.54) is 25.3 Å². The molecule has 1 aromatic carbocycles. The number of allylic oxidation sites excluding steroid dienone is 2. The predicted molar refractivity (Wildman–Crippen MR) is 103 cm³/mol. The molecule has 0 aliphatic heterocycles. The Morgan fingerprint density at radius 2 is 1.80 bits per heavy atom. The first kappa shape index (κ1) is 19.4. The van der Waals surface area contributed by atoms with Gasteiger partial charge in [0.15, 0.2) is 5.78 Å². The Bertz CT molecular complexity index is 643. The number of Topliss-reactive ketones (excluding diaryl/α,β-unsaturated/α-hetero) is 1. The van der Waals surface area contributed by atoms with E-state index in [2.05, 4.69) is 26.1 Å². The monoisotopic (exact) mass is 341 g/mol. The molecule has 0 amide bonds. The molecule has 0 saturated carbocycles. The van der Waals surface area contributed by atoms with Crippen LogP contribution in [-0.4, -0.2) is 18.1 Å². The van der Waals surface area contributed by atoms with Crippen molar-refractivity contribution in [3.05, 3.63) is 46.7 Å². The number of aryl methyl sites for hydroxylation is 1. The summed E-state index contributed by atoms with van der Waals surface area (Å²) in [6.45, 7) is 7.36. The lowest BCUT2D eigenvalue weighted by Gasteiger charge is -2.17. The first-order valence-electron chi connectivity index (χ1n) is 9.70. The molecular formula is C22H31NO2. The second-order valence-corrected chi connectivity index (χ2v) is 7.40. The highest BCUT2D eigenvalue weighted by molar-refractivity contribution is 6.24. The van der Waals surface area contributed by atoms with Gasteiger partial charge in [-0.3, -0.25) is 9.59 Å². The fourth-order valence-corrected chi connectivity index (χ4v) is 3.19. The van der Waals surface area contributed by atoms with Crippen LogP contribution in [0, 0.1) is 5.92 Å². The van der Waals surface area contributed by atoms with Gasteiger partial charge in [-0.15, -0.1) is 0 Å². The molecule has 3 nitrogen and oxygen atoms in total. The van der Waals surface area contributed by atoms with Crippen molar-refractivity contribution in [1.82, 2.24) is 5.32 Å². The van der Waals surface area contributed by atoms with E-state index in [1.54, 1.807) is 0 Å². The van der Waals surface area contributed by atoms with Gasteiger partial charge in [-0.05, 0) is 36.8 Å². The summed E-state index contributed by atoms with van der Waals surface area (Å²) in [5, 5.41) is 3.17. The van der Waals surface area contributed by atoms with Gasteiger partial charge in [0.1, 0.15) is 0 Å². The minimum Gasteiger partial charge on any atom is -0.382 e. The van der Waals surface area contributed by atoms with Gasteiger partial charge in [0.2, 0.25) is 5.78 Å². The van der Waals surface area contributed by atoms with Crippen molar-refractivity contribution in [2.75, 3.05) is 6.54 Å². The van der Waals surface area contributed by atoms with E-state index in [1.807, 2.05) is 18.2 Å². The van der Waals surface area contributed by atoms with E-state index in [-0.39, 0.29) is 11.6 Å². The van der Waals surface area contributed by atoms with Crippen LogP contribution < -0.4 is 5.32 Å². The summed E-state index contributed by atoms with van der Waals surface area (Å²) in [7, 11) is 0. The lowest BCUT2D eigenvalue weighted by Crippen LogP contribution is -2.27. The highest BCUT2D eigenvalue weighted by Gasteiger charge is 2.25. The van der Waals surface area contributed by atoms with Gasteiger partial charge in [0, 0.05) is 23.7 Å². The average molecular weight is 341 g/mol. The lowest BCUT2D eigenvalue weighted by molar-refractivity contribution is 0.0978. The van der Waals surface area contributed by atoms with Crippen molar-refractivity contribution in [2.45, 2.75) is 65.7 Å². The van der Waals surface area contributed by atoms with Gasteiger partial charge in [-0.2, -0.15) is 0 Å². The van der Waals surface area contributed by atoms with Crippen LogP contribution in [0.5, 0.6) is 0 Å². The van der Waals surface area contributed by atoms with Crippen LogP contribution in [0.4, 0.5) is 0 Å². The maximum Gasteiger partial charge on any atom is 0.209 e. The SMILES string of the molecule is CCCCCCNC1=CC(=O)c2ccc(CCCC(C)C)cc2C1=O. The molecule has 3 heteroatoms. The number of ketones is 2. The Morgan fingerprint density at radius 1 is 1.00 bits per heavy atom. The third-order valence-electron chi connectivity index (χ3n) is 4.71. The van der Waals surface area contributed by atoms with Crippen molar-refractivity contribution in [2.24, 2.45) is 5.92 Å². The number of carbonyl (C=O) groups is 2. The zero-order chi connectivity index (χ0) is 18.2. The fourth-order valence-electron chi connectivity index (χ4n) is 3.19. The van der Waals surface area contributed by atoms with E-state index in [9.17, 15) is 9.59 Å². The molecular weight excluding hydrogens is 310 g/mol. The van der Waals surface area contributed by atoms with Crippen LogP contribution in [-0.2, 0) is 6.42 Å². The Labute approximate surface area is 151 Å². The Kier molecular flexibility index (Phi) is 7.42. The van der Waals surface area contributed by atoms with E-state index in [0.717, 1.165) is 37.8 Å². The van der Waals surface area contributed by atoms with Crippen LogP contribution >= 0.6 is 0 Å². The second kappa shape index (κ2) is 9.55. The average Bonchev–Trinajstić information content (AvgIpc) is 2.58. The summed E-state index contributed by atoms with van der Waals surface area (Å²) in [6.07, 6.45) is 9.26. The van der Waals surface area contributed by atoms with Crippen LogP contribution in [0.2, 0.25) is 0 Å². The summed E-state index contributed by atoms with van der Waals surface area (Å²) in [5.41, 5.74) is 2.69. The summed E-state index contributed by atoms with van der Waals surface area (Å²) >= 11 is 0. The number of carbonyl (C=O) groups excluding carboxylic acids is 2. The molecule has 0 saturated heterocycles. The van der Waals surface area contributed by atoms with Crippen LogP contribution in [0.25, 0.3) is 0 Å².